The lowest BCUT2D eigenvalue weighted by atomic mass is 10.2. The molecule has 0 aliphatic heterocycles. The Morgan fingerprint density at radius 2 is 2.04 bits per heavy atom. The summed E-state index contributed by atoms with van der Waals surface area (Å²) in [6.07, 6.45) is 0.0564. The van der Waals surface area contributed by atoms with Crippen molar-refractivity contribution in [2.75, 3.05) is 5.32 Å². The molecule has 0 atom stereocenters. The van der Waals surface area contributed by atoms with Crippen LogP contribution in [0.2, 0.25) is 5.02 Å². The molecule has 0 radical (unpaired) electrons. The number of amides is 1. The first-order chi connectivity index (χ1) is 12.5. The SMILES string of the molecule is O=C(Cc1csc(-c2ccccc2Cl)n1)Nc1cccc(OC(F)F)c1. The van der Waals surface area contributed by atoms with Crippen LogP contribution in [-0.2, 0) is 11.2 Å². The van der Waals surface area contributed by atoms with Crippen molar-refractivity contribution in [3.05, 3.63) is 64.6 Å². The molecule has 1 heterocycles. The van der Waals surface area contributed by atoms with Gasteiger partial charge in [0.2, 0.25) is 5.91 Å². The van der Waals surface area contributed by atoms with Crippen LogP contribution in [0.1, 0.15) is 5.69 Å². The first-order valence-electron chi connectivity index (χ1n) is 7.55. The number of anilines is 1. The second-order valence-electron chi connectivity index (χ2n) is 5.26. The molecule has 0 aliphatic carbocycles. The van der Waals surface area contributed by atoms with Gasteiger partial charge in [0.1, 0.15) is 10.8 Å². The average molecular weight is 395 g/mol. The van der Waals surface area contributed by atoms with E-state index >= 15 is 0 Å². The van der Waals surface area contributed by atoms with E-state index in [4.69, 9.17) is 11.6 Å². The average Bonchev–Trinajstić information content (AvgIpc) is 3.03. The maximum absolute atomic E-state index is 12.2. The summed E-state index contributed by atoms with van der Waals surface area (Å²) in [5, 5.41) is 5.74. The number of thiazole rings is 1. The van der Waals surface area contributed by atoms with Crippen molar-refractivity contribution in [3.63, 3.8) is 0 Å². The first kappa shape index (κ1) is 18.3. The molecule has 3 rings (SSSR count). The molecule has 0 fully saturated rings. The number of ether oxygens (including phenoxy) is 1. The van der Waals surface area contributed by atoms with E-state index in [9.17, 15) is 13.6 Å². The summed E-state index contributed by atoms with van der Waals surface area (Å²) < 4.78 is 28.8. The Hall–Kier alpha value is -2.51. The molecule has 0 aliphatic rings. The minimum atomic E-state index is -2.92. The molecule has 0 spiro atoms. The minimum absolute atomic E-state index is 0.0209. The quantitative estimate of drug-likeness (QED) is 0.621. The third-order valence-corrected chi connectivity index (χ3v) is 4.59. The Bertz CT molecular complexity index is 917. The summed E-state index contributed by atoms with van der Waals surface area (Å²) in [5.74, 6) is -0.331. The van der Waals surface area contributed by atoms with Crippen molar-refractivity contribution in [1.29, 1.82) is 0 Å². The lowest BCUT2D eigenvalue weighted by Crippen LogP contribution is -2.14. The van der Waals surface area contributed by atoms with Gasteiger partial charge in [-0.15, -0.1) is 11.3 Å². The summed E-state index contributed by atoms with van der Waals surface area (Å²) in [6.45, 7) is -2.92. The number of hydrogen-bond acceptors (Lipinski definition) is 4. The Morgan fingerprint density at radius 1 is 1.23 bits per heavy atom. The molecule has 134 valence electrons. The number of carbonyl (C=O) groups excluding carboxylic acids is 1. The number of hydrogen-bond donors (Lipinski definition) is 1. The molecule has 0 saturated heterocycles. The highest BCUT2D eigenvalue weighted by molar-refractivity contribution is 7.13. The van der Waals surface area contributed by atoms with Gasteiger partial charge < -0.3 is 10.1 Å². The van der Waals surface area contributed by atoms with Gasteiger partial charge in [0, 0.05) is 22.7 Å². The van der Waals surface area contributed by atoms with Crippen molar-refractivity contribution in [1.82, 2.24) is 4.98 Å². The van der Waals surface area contributed by atoms with Crippen LogP contribution in [0.3, 0.4) is 0 Å². The number of rotatable bonds is 6. The number of nitrogens with zero attached hydrogens (tertiary/aromatic N) is 1. The number of benzene rings is 2. The van der Waals surface area contributed by atoms with E-state index in [1.165, 1.54) is 29.5 Å². The third kappa shape index (κ3) is 4.77. The van der Waals surface area contributed by atoms with Crippen LogP contribution >= 0.6 is 22.9 Å². The molecule has 0 saturated carbocycles. The smallest absolute Gasteiger partial charge is 0.387 e. The van der Waals surface area contributed by atoms with Crippen LogP contribution < -0.4 is 10.1 Å². The maximum Gasteiger partial charge on any atom is 0.387 e. The van der Waals surface area contributed by atoms with E-state index in [-0.39, 0.29) is 18.1 Å². The summed E-state index contributed by atoms with van der Waals surface area (Å²) in [4.78, 5) is 16.6. The Morgan fingerprint density at radius 3 is 2.81 bits per heavy atom. The number of aromatic nitrogens is 1. The van der Waals surface area contributed by atoms with Gasteiger partial charge in [-0.05, 0) is 18.2 Å². The largest absolute Gasteiger partial charge is 0.435 e. The van der Waals surface area contributed by atoms with Crippen LogP contribution in [0.25, 0.3) is 10.6 Å². The van der Waals surface area contributed by atoms with Gasteiger partial charge >= 0.3 is 6.61 Å². The molecule has 1 amide bonds. The highest BCUT2D eigenvalue weighted by Crippen LogP contribution is 2.30. The predicted octanol–water partition coefficient (Wildman–Crippen LogP) is 5.25. The number of halogens is 3. The van der Waals surface area contributed by atoms with E-state index < -0.39 is 6.61 Å². The van der Waals surface area contributed by atoms with E-state index in [0.29, 0.717) is 16.4 Å². The van der Waals surface area contributed by atoms with Crippen LogP contribution in [0.4, 0.5) is 14.5 Å². The van der Waals surface area contributed by atoms with Crippen molar-refractivity contribution in [2.24, 2.45) is 0 Å². The monoisotopic (exact) mass is 394 g/mol. The van der Waals surface area contributed by atoms with Crippen molar-refractivity contribution in [2.45, 2.75) is 13.0 Å². The molecule has 26 heavy (non-hydrogen) atoms. The van der Waals surface area contributed by atoms with Crippen LogP contribution in [0, 0.1) is 0 Å². The molecule has 8 heteroatoms. The highest BCUT2D eigenvalue weighted by Gasteiger charge is 2.12. The molecule has 0 bridgehead atoms. The van der Waals surface area contributed by atoms with E-state index in [0.717, 1.165) is 10.6 Å². The van der Waals surface area contributed by atoms with Gasteiger partial charge in [-0.3, -0.25) is 4.79 Å². The fourth-order valence-electron chi connectivity index (χ4n) is 2.27. The summed E-state index contributed by atoms with van der Waals surface area (Å²) >= 11 is 7.55. The van der Waals surface area contributed by atoms with Gasteiger partial charge in [-0.1, -0.05) is 35.9 Å². The Labute approximate surface area is 157 Å². The van der Waals surface area contributed by atoms with Crippen molar-refractivity contribution in [3.8, 4) is 16.3 Å². The zero-order valence-electron chi connectivity index (χ0n) is 13.3. The van der Waals surface area contributed by atoms with E-state index in [1.54, 1.807) is 17.5 Å². The number of nitrogens with one attached hydrogen (secondary N) is 1. The number of carbonyl (C=O) groups is 1. The Balaban J connectivity index is 1.65. The molecular weight excluding hydrogens is 382 g/mol. The fourth-order valence-corrected chi connectivity index (χ4v) is 3.41. The molecule has 4 nitrogen and oxygen atoms in total. The first-order valence-corrected chi connectivity index (χ1v) is 8.81. The molecule has 3 aromatic rings. The molecular formula is C18H13ClF2N2O2S. The zero-order chi connectivity index (χ0) is 18.5. The van der Waals surface area contributed by atoms with Gasteiger partial charge in [-0.2, -0.15) is 8.78 Å². The van der Waals surface area contributed by atoms with Gasteiger partial charge in [0.25, 0.3) is 0 Å². The molecule has 2 aromatic carbocycles. The molecule has 0 unspecified atom stereocenters. The zero-order valence-corrected chi connectivity index (χ0v) is 14.9. The summed E-state index contributed by atoms with van der Waals surface area (Å²) in [6, 6.07) is 13.2. The summed E-state index contributed by atoms with van der Waals surface area (Å²) in [7, 11) is 0. The second-order valence-corrected chi connectivity index (χ2v) is 6.52. The van der Waals surface area contributed by atoms with E-state index in [1.807, 2.05) is 18.2 Å². The van der Waals surface area contributed by atoms with Gasteiger partial charge in [0.05, 0.1) is 17.1 Å². The lowest BCUT2D eigenvalue weighted by Gasteiger charge is -2.08. The summed E-state index contributed by atoms with van der Waals surface area (Å²) in [5.41, 5.74) is 1.78. The van der Waals surface area contributed by atoms with Crippen molar-refractivity contribution >= 4 is 34.5 Å². The van der Waals surface area contributed by atoms with E-state index in [2.05, 4.69) is 15.0 Å². The standard InChI is InChI=1S/C18H13ClF2N2O2S/c19-15-7-2-1-6-14(15)17-23-12(10-26-17)9-16(24)22-11-4-3-5-13(8-11)25-18(20)21/h1-8,10,18H,9H2,(H,22,24). The van der Waals surface area contributed by atoms with Crippen LogP contribution in [-0.4, -0.2) is 17.5 Å². The normalized spacial score (nSPS) is 10.8. The molecule has 1 aromatic heterocycles. The molecule has 1 N–H and O–H groups in total. The highest BCUT2D eigenvalue weighted by atomic mass is 35.5. The van der Waals surface area contributed by atoms with Crippen LogP contribution in [0.5, 0.6) is 5.75 Å². The fraction of sp³-hybridized carbons (Fsp3) is 0.111. The Kier molecular flexibility index (Phi) is 5.80. The topological polar surface area (TPSA) is 51.2 Å². The van der Waals surface area contributed by atoms with Crippen LogP contribution in [0.15, 0.2) is 53.9 Å². The lowest BCUT2D eigenvalue weighted by molar-refractivity contribution is -0.115. The predicted molar refractivity (Wildman–Crippen MR) is 98.0 cm³/mol. The maximum atomic E-state index is 12.2. The van der Waals surface area contributed by atoms with Crippen molar-refractivity contribution < 1.29 is 18.3 Å². The third-order valence-electron chi connectivity index (χ3n) is 3.34. The van der Waals surface area contributed by atoms with Gasteiger partial charge in [0.15, 0.2) is 0 Å². The number of alkyl halides is 2. The van der Waals surface area contributed by atoms with Gasteiger partial charge in [-0.25, -0.2) is 4.98 Å². The minimum Gasteiger partial charge on any atom is -0.435 e. The second kappa shape index (κ2) is 8.25.